The van der Waals surface area contributed by atoms with Crippen molar-refractivity contribution in [2.45, 2.75) is 71.1 Å². The van der Waals surface area contributed by atoms with Crippen LogP contribution in [0.5, 0.6) is 0 Å². The average molecular weight is 471 g/mol. The highest BCUT2D eigenvalue weighted by atomic mass is 28.4. The van der Waals surface area contributed by atoms with Crippen molar-refractivity contribution in [2.24, 2.45) is 0 Å². The van der Waals surface area contributed by atoms with E-state index in [4.69, 9.17) is 9.16 Å². The van der Waals surface area contributed by atoms with Gasteiger partial charge in [-0.3, -0.25) is 14.9 Å². The van der Waals surface area contributed by atoms with Crippen LogP contribution in [0.2, 0.25) is 18.1 Å². The molecule has 2 aromatic rings. The third kappa shape index (κ3) is 8.76. The maximum atomic E-state index is 13.1. The lowest BCUT2D eigenvalue weighted by atomic mass is 10.1. The lowest BCUT2D eigenvalue weighted by Crippen LogP contribution is -2.55. The highest BCUT2D eigenvalue weighted by molar-refractivity contribution is 6.74. The van der Waals surface area contributed by atoms with Gasteiger partial charge in [0.05, 0.1) is 6.10 Å². The minimum Gasteiger partial charge on any atom is -0.460 e. The molecule has 0 heterocycles. The number of hydrogen-bond donors (Lipinski definition) is 2. The molecular formula is C26H38N2O4Si. The Hall–Kier alpha value is -2.48. The molecule has 2 N–H and O–H groups in total. The largest absolute Gasteiger partial charge is 0.460 e. The summed E-state index contributed by atoms with van der Waals surface area (Å²) in [5.74, 6) is -0.763. The molecule has 7 heteroatoms. The summed E-state index contributed by atoms with van der Waals surface area (Å²) in [6, 6.07) is 18.7. The zero-order valence-electron chi connectivity index (χ0n) is 20.7. The van der Waals surface area contributed by atoms with Crippen molar-refractivity contribution in [3.63, 3.8) is 0 Å². The fraction of sp³-hybridized carbons (Fsp3) is 0.462. The van der Waals surface area contributed by atoms with Gasteiger partial charge in [-0.05, 0) is 36.2 Å². The number of ether oxygens (including phenoxy) is 1. The van der Waals surface area contributed by atoms with Crippen LogP contribution in [-0.2, 0) is 31.9 Å². The molecule has 0 aliphatic heterocycles. The van der Waals surface area contributed by atoms with E-state index in [1.807, 2.05) is 67.6 Å². The smallest absolute Gasteiger partial charge is 0.325 e. The van der Waals surface area contributed by atoms with Crippen LogP contribution in [0.25, 0.3) is 0 Å². The highest BCUT2D eigenvalue weighted by Gasteiger charge is 2.40. The fourth-order valence-corrected chi connectivity index (χ4v) is 4.48. The Labute approximate surface area is 199 Å². The van der Waals surface area contributed by atoms with E-state index in [-0.39, 0.29) is 30.2 Å². The van der Waals surface area contributed by atoms with Crippen molar-refractivity contribution in [3.8, 4) is 0 Å². The number of carbonyl (C=O) groups excluding carboxylic acids is 2. The Bertz CT molecular complexity index is 882. The van der Waals surface area contributed by atoms with Gasteiger partial charge < -0.3 is 14.5 Å². The number of amides is 1. The molecular weight excluding hydrogens is 432 g/mol. The van der Waals surface area contributed by atoms with Gasteiger partial charge in [0.2, 0.25) is 5.91 Å². The third-order valence-electron chi connectivity index (χ3n) is 6.06. The van der Waals surface area contributed by atoms with E-state index in [1.54, 1.807) is 0 Å². The topological polar surface area (TPSA) is 76.7 Å². The van der Waals surface area contributed by atoms with Crippen LogP contribution in [0.15, 0.2) is 60.7 Å². The van der Waals surface area contributed by atoms with Gasteiger partial charge in [0.15, 0.2) is 8.32 Å². The Morgan fingerprint density at radius 2 is 1.48 bits per heavy atom. The summed E-state index contributed by atoms with van der Waals surface area (Å²) in [6.45, 7) is 13.2. The molecule has 2 aromatic carbocycles. The van der Waals surface area contributed by atoms with Crippen LogP contribution in [-0.4, -0.2) is 38.9 Å². The Balaban J connectivity index is 1.99. The van der Waals surface area contributed by atoms with E-state index in [0.29, 0.717) is 6.54 Å². The second-order valence-corrected chi connectivity index (χ2v) is 14.5. The molecule has 0 unspecified atom stereocenters. The van der Waals surface area contributed by atoms with Crippen molar-refractivity contribution in [3.05, 3.63) is 71.8 Å². The molecule has 0 aliphatic carbocycles. The van der Waals surface area contributed by atoms with Crippen LogP contribution in [0.3, 0.4) is 0 Å². The van der Waals surface area contributed by atoms with Crippen LogP contribution >= 0.6 is 0 Å². The molecule has 1 amide bonds. The summed E-state index contributed by atoms with van der Waals surface area (Å²) < 4.78 is 11.8. The number of hydrogen-bond acceptors (Lipinski definition) is 5. The molecule has 0 aliphatic rings. The van der Waals surface area contributed by atoms with Crippen LogP contribution in [0.1, 0.15) is 38.8 Å². The van der Waals surface area contributed by atoms with Crippen LogP contribution in [0, 0.1) is 0 Å². The fourth-order valence-electron chi connectivity index (χ4n) is 3.06. The summed E-state index contributed by atoms with van der Waals surface area (Å²) in [7, 11) is -2.09. The van der Waals surface area contributed by atoms with E-state index < -0.39 is 20.3 Å². The number of nitrogens with one attached hydrogen (secondary N) is 2. The molecule has 2 atom stereocenters. The SMILES string of the molecule is C[C@H](O[Si](C)(C)C(C)(C)C)[C@H](NCc1ccccc1)C(=O)NCC(=O)OCc1ccccc1. The summed E-state index contributed by atoms with van der Waals surface area (Å²) in [5.41, 5.74) is 1.97. The Kier molecular flexibility index (Phi) is 9.82. The first-order valence-electron chi connectivity index (χ1n) is 11.4. The number of rotatable bonds is 11. The molecule has 0 fully saturated rings. The van der Waals surface area contributed by atoms with Gasteiger partial charge in [0.25, 0.3) is 0 Å². The van der Waals surface area contributed by atoms with Crippen LogP contribution in [0.4, 0.5) is 0 Å². The van der Waals surface area contributed by atoms with E-state index in [9.17, 15) is 9.59 Å². The molecule has 0 saturated carbocycles. The molecule has 0 radical (unpaired) electrons. The summed E-state index contributed by atoms with van der Waals surface area (Å²) >= 11 is 0. The highest BCUT2D eigenvalue weighted by Crippen LogP contribution is 2.37. The normalized spacial score (nSPS) is 13.8. The molecule has 2 rings (SSSR count). The number of carbonyl (C=O) groups is 2. The lowest BCUT2D eigenvalue weighted by molar-refractivity contribution is -0.145. The summed E-state index contributed by atoms with van der Waals surface area (Å²) in [4.78, 5) is 25.2. The molecule has 0 saturated heterocycles. The number of esters is 1. The van der Waals surface area contributed by atoms with E-state index in [0.717, 1.165) is 11.1 Å². The minimum atomic E-state index is -2.09. The summed E-state index contributed by atoms with van der Waals surface area (Å²) in [5, 5.41) is 6.06. The maximum Gasteiger partial charge on any atom is 0.325 e. The van der Waals surface area contributed by atoms with Crippen molar-refractivity contribution < 1.29 is 18.8 Å². The lowest BCUT2D eigenvalue weighted by Gasteiger charge is -2.40. The standard InChI is InChI=1S/C26H38N2O4Si/c1-20(32-33(5,6)26(2,3)4)24(27-17-21-13-9-7-10-14-21)25(30)28-18-23(29)31-19-22-15-11-8-12-16-22/h7-16,20,24,27H,17-19H2,1-6H3,(H,28,30)/t20-,24-/m0/s1. The zero-order valence-corrected chi connectivity index (χ0v) is 21.7. The first-order valence-corrected chi connectivity index (χ1v) is 14.3. The van der Waals surface area contributed by atoms with Gasteiger partial charge in [-0.1, -0.05) is 81.4 Å². The molecule has 0 bridgehead atoms. The molecule has 0 spiro atoms. The maximum absolute atomic E-state index is 13.1. The summed E-state index contributed by atoms with van der Waals surface area (Å²) in [6.07, 6.45) is -0.366. The van der Waals surface area contributed by atoms with Crippen molar-refractivity contribution in [2.75, 3.05) is 6.54 Å². The van der Waals surface area contributed by atoms with Crippen molar-refractivity contribution >= 4 is 20.2 Å². The Morgan fingerprint density at radius 3 is 2.03 bits per heavy atom. The monoisotopic (exact) mass is 470 g/mol. The van der Waals surface area contributed by atoms with Gasteiger partial charge in [-0.15, -0.1) is 0 Å². The van der Waals surface area contributed by atoms with Gasteiger partial charge in [-0.25, -0.2) is 0 Å². The molecule has 6 nitrogen and oxygen atoms in total. The van der Waals surface area contributed by atoms with E-state index in [2.05, 4.69) is 44.5 Å². The average Bonchev–Trinajstić information content (AvgIpc) is 2.76. The molecule has 33 heavy (non-hydrogen) atoms. The predicted octanol–water partition coefficient (Wildman–Crippen LogP) is 4.41. The Morgan fingerprint density at radius 1 is 0.939 bits per heavy atom. The number of benzene rings is 2. The van der Waals surface area contributed by atoms with E-state index in [1.165, 1.54) is 0 Å². The zero-order chi connectivity index (χ0) is 24.5. The predicted molar refractivity (Wildman–Crippen MR) is 134 cm³/mol. The van der Waals surface area contributed by atoms with Crippen molar-refractivity contribution in [1.82, 2.24) is 10.6 Å². The van der Waals surface area contributed by atoms with Gasteiger partial charge in [0.1, 0.15) is 19.2 Å². The van der Waals surface area contributed by atoms with Gasteiger partial charge in [-0.2, -0.15) is 0 Å². The van der Waals surface area contributed by atoms with Crippen LogP contribution < -0.4 is 10.6 Å². The van der Waals surface area contributed by atoms with E-state index >= 15 is 0 Å². The molecule has 180 valence electrons. The van der Waals surface area contributed by atoms with Gasteiger partial charge >= 0.3 is 5.97 Å². The molecule has 0 aromatic heterocycles. The third-order valence-corrected chi connectivity index (χ3v) is 10.6. The quantitative estimate of drug-likeness (QED) is 0.376. The first-order chi connectivity index (χ1) is 15.5. The first kappa shape index (κ1) is 26.8. The minimum absolute atomic E-state index is 0.0168. The second-order valence-electron chi connectivity index (χ2n) is 9.79. The van der Waals surface area contributed by atoms with Gasteiger partial charge in [0, 0.05) is 6.54 Å². The van der Waals surface area contributed by atoms with Crippen molar-refractivity contribution in [1.29, 1.82) is 0 Å². The second kappa shape index (κ2) is 12.1.